The van der Waals surface area contributed by atoms with Gasteiger partial charge in [-0.1, -0.05) is 18.2 Å². The molecule has 6 nitrogen and oxygen atoms in total. The molecule has 2 N–H and O–H groups in total. The second-order valence-corrected chi connectivity index (χ2v) is 7.39. The van der Waals surface area contributed by atoms with E-state index in [9.17, 15) is 10.1 Å². The van der Waals surface area contributed by atoms with Gasteiger partial charge in [-0.3, -0.25) is 4.79 Å². The highest BCUT2D eigenvalue weighted by molar-refractivity contribution is 6.04. The lowest BCUT2D eigenvalue weighted by atomic mass is 9.93. The number of aliphatic hydroxyl groups excluding tert-OH is 1. The van der Waals surface area contributed by atoms with Crippen LogP contribution in [0.3, 0.4) is 0 Å². The second kappa shape index (κ2) is 8.38. The molecule has 6 heteroatoms. The van der Waals surface area contributed by atoms with E-state index >= 15 is 0 Å². The summed E-state index contributed by atoms with van der Waals surface area (Å²) in [5, 5.41) is 22.4. The Morgan fingerprint density at radius 2 is 2.00 bits per heavy atom. The van der Waals surface area contributed by atoms with Crippen molar-refractivity contribution in [2.75, 3.05) is 29.9 Å². The molecule has 4 rings (SSSR count). The van der Waals surface area contributed by atoms with Crippen molar-refractivity contribution >= 4 is 28.3 Å². The first-order valence-electron chi connectivity index (χ1n) is 9.88. The number of carbonyl (C=O) groups is 1. The molecule has 0 spiro atoms. The Bertz CT molecular complexity index is 1030. The van der Waals surface area contributed by atoms with Gasteiger partial charge in [-0.2, -0.15) is 5.26 Å². The molecule has 1 fully saturated rings. The molecule has 0 atom stereocenters. The van der Waals surface area contributed by atoms with Gasteiger partial charge in [0.1, 0.15) is 11.7 Å². The number of nitriles is 1. The molecular weight excluding hydrogens is 366 g/mol. The first-order chi connectivity index (χ1) is 14.2. The van der Waals surface area contributed by atoms with Gasteiger partial charge < -0.3 is 19.7 Å². The molecule has 1 aromatic heterocycles. The highest BCUT2D eigenvalue weighted by Crippen LogP contribution is 2.29. The molecule has 0 aliphatic carbocycles. The maximum Gasteiger partial charge on any atom is 0.291 e. The average molecular weight is 389 g/mol. The third kappa shape index (κ3) is 4.10. The fourth-order valence-corrected chi connectivity index (χ4v) is 3.91. The Labute approximate surface area is 169 Å². The first kappa shape index (κ1) is 19.0. The molecule has 1 aliphatic heterocycles. The molecule has 1 aliphatic rings. The zero-order valence-electron chi connectivity index (χ0n) is 16.1. The van der Waals surface area contributed by atoms with E-state index in [-0.39, 0.29) is 18.3 Å². The lowest BCUT2D eigenvalue weighted by Gasteiger charge is -2.34. The number of anilines is 2. The Hall–Kier alpha value is -3.30. The fourth-order valence-electron chi connectivity index (χ4n) is 3.91. The minimum atomic E-state index is -0.345. The first-order valence-corrected chi connectivity index (χ1v) is 9.88. The summed E-state index contributed by atoms with van der Waals surface area (Å²) in [7, 11) is 0. The molecule has 2 heterocycles. The van der Waals surface area contributed by atoms with Gasteiger partial charge in [0.05, 0.1) is 11.3 Å². The average Bonchev–Trinajstić information content (AvgIpc) is 3.19. The maximum absolute atomic E-state index is 12.5. The van der Waals surface area contributed by atoms with Gasteiger partial charge in [0.25, 0.3) is 5.91 Å². The Balaban J connectivity index is 1.48. The summed E-state index contributed by atoms with van der Waals surface area (Å²) in [6.07, 6.45) is 2.86. The number of amides is 1. The van der Waals surface area contributed by atoms with Crippen molar-refractivity contribution in [2.24, 2.45) is 5.92 Å². The monoisotopic (exact) mass is 389 g/mol. The summed E-state index contributed by atoms with van der Waals surface area (Å²) in [4.78, 5) is 14.8. The molecule has 0 unspecified atom stereocenters. The van der Waals surface area contributed by atoms with Crippen molar-refractivity contribution in [3.8, 4) is 6.07 Å². The number of rotatable bonds is 5. The molecule has 3 aromatic rings. The number of nitrogens with one attached hydrogen (secondary N) is 1. The highest BCUT2D eigenvalue weighted by atomic mass is 16.3. The molecule has 29 heavy (non-hydrogen) atoms. The Morgan fingerprint density at radius 1 is 1.21 bits per heavy atom. The van der Waals surface area contributed by atoms with E-state index in [1.807, 2.05) is 36.4 Å². The van der Waals surface area contributed by atoms with Crippen LogP contribution in [-0.4, -0.2) is 30.7 Å². The van der Waals surface area contributed by atoms with Gasteiger partial charge in [0, 0.05) is 30.8 Å². The van der Waals surface area contributed by atoms with E-state index in [2.05, 4.69) is 16.3 Å². The molecule has 148 valence electrons. The minimum absolute atomic E-state index is 0.230. The van der Waals surface area contributed by atoms with Crippen LogP contribution in [0.5, 0.6) is 0 Å². The van der Waals surface area contributed by atoms with Crippen LogP contribution >= 0.6 is 0 Å². The van der Waals surface area contributed by atoms with Crippen molar-refractivity contribution in [2.45, 2.75) is 19.3 Å². The number of benzene rings is 2. The summed E-state index contributed by atoms with van der Waals surface area (Å²) < 4.78 is 5.60. The van der Waals surface area contributed by atoms with Crippen molar-refractivity contribution in [3.05, 3.63) is 59.9 Å². The number of para-hydroxylation sites is 1. The predicted octanol–water partition coefficient (Wildman–Crippen LogP) is 4.16. The molecule has 1 saturated heterocycles. The van der Waals surface area contributed by atoms with E-state index in [1.54, 1.807) is 12.1 Å². The highest BCUT2D eigenvalue weighted by Gasteiger charge is 2.21. The lowest BCUT2D eigenvalue weighted by Crippen LogP contribution is -2.34. The largest absolute Gasteiger partial charge is 0.451 e. The van der Waals surface area contributed by atoms with E-state index < -0.39 is 0 Å². The predicted molar refractivity (Wildman–Crippen MR) is 112 cm³/mol. The quantitative estimate of drug-likeness (QED) is 0.684. The molecule has 1 amide bonds. The third-order valence-corrected chi connectivity index (χ3v) is 5.52. The van der Waals surface area contributed by atoms with E-state index in [4.69, 9.17) is 9.52 Å². The lowest BCUT2D eigenvalue weighted by molar-refractivity contribution is 0.0998. The molecule has 0 saturated carbocycles. The Morgan fingerprint density at radius 3 is 2.72 bits per heavy atom. The van der Waals surface area contributed by atoms with Crippen molar-refractivity contribution < 1.29 is 14.3 Å². The van der Waals surface area contributed by atoms with Crippen LogP contribution in [0.15, 0.2) is 52.9 Å². The number of hydrogen-bond acceptors (Lipinski definition) is 5. The molecule has 2 aromatic carbocycles. The number of aliphatic hydroxyl groups is 1. The van der Waals surface area contributed by atoms with E-state index in [1.165, 1.54) is 0 Å². The normalized spacial score (nSPS) is 14.7. The van der Waals surface area contributed by atoms with Gasteiger partial charge in [-0.05, 0) is 55.5 Å². The number of nitrogens with zero attached hydrogens (tertiary/aromatic N) is 2. The van der Waals surface area contributed by atoms with E-state index in [0.29, 0.717) is 22.8 Å². The van der Waals surface area contributed by atoms with Crippen LogP contribution < -0.4 is 10.2 Å². The molecular formula is C23H23N3O3. The van der Waals surface area contributed by atoms with Crippen LogP contribution in [0.2, 0.25) is 0 Å². The summed E-state index contributed by atoms with van der Waals surface area (Å²) >= 11 is 0. The zero-order chi connectivity index (χ0) is 20.2. The molecule has 0 radical (unpaired) electrons. The van der Waals surface area contributed by atoms with Crippen molar-refractivity contribution in [1.29, 1.82) is 5.26 Å². The summed E-state index contributed by atoms with van der Waals surface area (Å²) in [5.41, 5.74) is 2.64. The van der Waals surface area contributed by atoms with Crippen LogP contribution in [-0.2, 0) is 0 Å². The minimum Gasteiger partial charge on any atom is -0.451 e. The van der Waals surface area contributed by atoms with Crippen LogP contribution in [0.25, 0.3) is 11.0 Å². The van der Waals surface area contributed by atoms with Crippen molar-refractivity contribution in [1.82, 2.24) is 0 Å². The SMILES string of the molecule is N#Cc1cc(NC(=O)c2cc3ccccc3o2)ccc1N1CCC(CCO)CC1. The number of hydrogen-bond donors (Lipinski definition) is 2. The second-order valence-electron chi connectivity index (χ2n) is 7.39. The van der Waals surface area contributed by atoms with Gasteiger partial charge >= 0.3 is 0 Å². The Kier molecular flexibility index (Phi) is 5.50. The fraction of sp³-hybridized carbons (Fsp3) is 0.304. The number of carbonyl (C=O) groups excluding carboxylic acids is 1. The summed E-state index contributed by atoms with van der Waals surface area (Å²) in [5.74, 6) is 0.437. The van der Waals surface area contributed by atoms with Crippen LogP contribution in [0, 0.1) is 17.2 Å². The standard InChI is InChI=1S/C23H23N3O3/c24-15-18-13-19(5-6-20(18)26-10-7-16(8-11-26)9-12-27)25-23(28)22-14-17-3-1-2-4-21(17)29-22/h1-6,13-14,16,27H,7-12H2,(H,25,28). The maximum atomic E-state index is 12.5. The smallest absolute Gasteiger partial charge is 0.291 e. The number of piperidine rings is 1. The zero-order valence-corrected chi connectivity index (χ0v) is 16.1. The summed E-state index contributed by atoms with van der Waals surface area (Å²) in [6.45, 7) is 1.96. The van der Waals surface area contributed by atoms with Crippen LogP contribution in [0.1, 0.15) is 35.4 Å². The summed E-state index contributed by atoms with van der Waals surface area (Å²) in [6, 6.07) is 16.8. The number of fused-ring (bicyclic) bond motifs is 1. The third-order valence-electron chi connectivity index (χ3n) is 5.52. The topological polar surface area (TPSA) is 89.5 Å². The molecule has 0 bridgehead atoms. The van der Waals surface area contributed by atoms with Crippen LogP contribution in [0.4, 0.5) is 11.4 Å². The van der Waals surface area contributed by atoms with E-state index in [0.717, 1.165) is 43.4 Å². The van der Waals surface area contributed by atoms with Gasteiger partial charge in [-0.25, -0.2) is 0 Å². The van der Waals surface area contributed by atoms with Gasteiger partial charge in [-0.15, -0.1) is 0 Å². The van der Waals surface area contributed by atoms with Crippen molar-refractivity contribution in [3.63, 3.8) is 0 Å². The number of furan rings is 1. The van der Waals surface area contributed by atoms with Gasteiger partial charge in [0.15, 0.2) is 5.76 Å². The van der Waals surface area contributed by atoms with Gasteiger partial charge in [0.2, 0.25) is 0 Å².